The molecule has 2 N–H and O–H groups in total. The number of benzene rings is 1. The van der Waals surface area contributed by atoms with Gasteiger partial charge in [-0.05, 0) is 48.9 Å². The van der Waals surface area contributed by atoms with E-state index in [0.717, 1.165) is 34.7 Å². The van der Waals surface area contributed by atoms with E-state index in [4.69, 9.17) is 34.3 Å². The summed E-state index contributed by atoms with van der Waals surface area (Å²) in [4.78, 5) is 0.562. The molecule has 0 bridgehead atoms. The van der Waals surface area contributed by atoms with Gasteiger partial charge in [-0.1, -0.05) is 51.5 Å². The fourth-order valence-electron chi connectivity index (χ4n) is 2.09. The molecule has 0 amide bonds. The maximum absolute atomic E-state index is 6.27. The maximum Gasteiger partial charge on any atom is 0.122 e. The van der Waals surface area contributed by atoms with Crippen LogP contribution in [0.5, 0.6) is 5.75 Å². The number of halogens is 1. The van der Waals surface area contributed by atoms with E-state index in [1.165, 1.54) is 0 Å². The average Bonchev–Trinajstić information content (AvgIpc) is 2.35. The molecule has 0 atom stereocenters. The van der Waals surface area contributed by atoms with Gasteiger partial charge < -0.3 is 10.5 Å². The van der Waals surface area contributed by atoms with Gasteiger partial charge in [-0.3, -0.25) is 0 Å². The predicted octanol–water partition coefficient (Wildman–Crippen LogP) is 5.24. The van der Waals surface area contributed by atoms with E-state index in [1.54, 1.807) is 0 Å². The lowest BCUT2D eigenvalue weighted by atomic mass is 9.88. The van der Waals surface area contributed by atoms with E-state index < -0.39 is 0 Å². The zero-order chi connectivity index (χ0) is 16.2. The van der Waals surface area contributed by atoms with Gasteiger partial charge in [-0.2, -0.15) is 0 Å². The number of ether oxygens (including phenoxy) is 1. The Kier molecular flexibility index (Phi) is 6.48. The zero-order valence-corrected chi connectivity index (χ0v) is 15.2. The summed E-state index contributed by atoms with van der Waals surface area (Å²) in [6, 6.07) is 4.03. The zero-order valence-electron chi connectivity index (χ0n) is 13.6. The van der Waals surface area contributed by atoms with Crippen LogP contribution >= 0.6 is 23.8 Å². The van der Waals surface area contributed by atoms with E-state index in [-0.39, 0.29) is 5.41 Å². The molecule has 118 valence electrons. The van der Waals surface area contributed by atoms with Crippen LogP contribution in [0, 0.1) is 12.3 Å². The summed E-state index contributed by atoms with van der Waals surface area (Å²) in [5.74, 6) is 1.30. The van der Waals surface area contributed by atoms with Gasteiger partial charge >= 0.3 is 0 Å². The minimum absolute atomic E-state index is 0.114. The Morgan fingerprint density at radius 2 is 2.00 bits per heavy atom. The number of thiocarbonyl (C=S) groups is 1. The SMILES string of the molecule is Cc1cc(Cl)c(C(C)C)cc1OCCCC(C)(C)C(N)=S. The van der Waals surface area contributed by atoms with Crippen molar-refractivity contribution in [3.05, 3.63) is 28.3 Å². The Morgan fingerprint density at radius 3 is 2.52 bits per heavy atom. The fraction of sp³-hybridized carbons (Fsp3) is 0.588. The average molecular weight is 328 g/mol. The van der Waals surface area contributed by atoms with E-state index in [0.29, 0.717) is 17.5 Å². The first kappa shape index (κ1) is 18.2. The van der Waals surface area contributed by atoms with Crippen LogP contribution in [-0.2, 0) is 0 Å². The summed E-state index contributed by atoms with van der Waals surface area (Å²) in [7, 11) is 0. The summed E-state index contributed by atoms with van der Waals surface area (Å²) in [5.41, 5.74) is 7.81. The third-order valence-electron chi connectivity index (χ3n) is 3.79. The molecule has 0 aliphatic carbocycles. The summed E-state index contributed by atoms with van der Waals surface area (Å²) >= 11 is 11.3. The van der Waals surface area contributed by atoms with Gasteiger partial charge in [-0.15, -0.1) is 0 Å². The van der Waals surface area contributed by atoms with Crippen molar-refractivity contribution >= 4 is 28.8 Å². The Morgan fingerprint density at radius 1 is 1.38 bits per heavy atom. The topological polar surface area (TPSA) is 35.2 Å². The van der Waals surface area contributed by atoms with Gasteiger partial charge in [0.1, 0.15) is 5.75 Å². The Labute approximate surface area is 139 Å². The summed E-state index contributed by atoms with van der Waals surface area (Å²) in [6.07, 6.45) is 1.84. The van der Waals surface area contributed by atoms with Crippen molar-refractivity contribution in [2.24, 2.45) is 11.1 Å². The summed E-state index contributed by atoms with van der Waals surface area (Å²) in [5, 5.41) is 0.810. The van der Waals surface area contributed by atoms with Crippen LogP contribution in [0.1, 0.15) is 57.6 Å². The lowest BCUT2D eigenvalue weighted by molar-refractivity contribution is 0.286. The molecule has 0 aliphatic heterocycles. The molecule has 0 aliphatic rings. The van der Waals surface area contributed by atoms with Crippen LogP contribution in [0.3, 0.4) is 0 Å². The number of aryl methyl sites for hydroxylation is 1. The minimum Gasteiger partial charge on any atom is -0.493 e. The molecule has 2 nitrogen and oxygen atoms in total. The quantitative estimate of drug-likeness (QED) is 0.549. The first-order valence-electron chi connectivity index (χ1n) is 7.38. The molecule has 1 rings (SSSR count). The van der Waals surface area contributed by atoms with Gasteiger partial charge in [0, 0.05) is 10.4 Å². The molecular formula is C17H26ClNOS. The van der Waals surface area contributed by atoms with Crippen molar-refractivity contribution in [1.29, 1.82) is 0 Å². The lowest BCUT2D eigenvalue weighted by Crippen LogP contribution is -2.30. The van der Waals surface area contributed by atoms with Crippen LogP contribution in [0.2, 0.25) is 5.02 Å². The summed E-state index contributed by atoms with van der Waals surface area (Å²) in [6.45, 7) is 11.1. The second-order valence-corrected chi connectivity index (χ2v) is 7.34. The van der Waals surface area contributed by atoms with E-state index in [9.17, 15) is 0 Å². The lowest BCUT2D eigenvalue weighted by Gasteiger charge is -2.23. The molecular weight excluding hydrogens is 302 g/mol. The second-order valence-electron chi connectivity index (χ2n) is 6.49. The number of rotatable bonds is 7. The normalized spacial score (nSPS) is 11.8. The first-order valence-corrected chi connectivity index (χ1v) is 8.16. The van der Waals surface area contributed by atoms with Crippen molar-refractivity contribution in [1.82, 2.24) is 0 Å². The Bertz CT molecular complexity index is 512. The molecule has 4 heteroatoms. The summed E-state index contributed by atoms with van der Waals surface area (Å²) < 4.78 is 5.92. The highest BCUT2D eigenvalue weighted by Crippen LogP contribution is 2.31. The van der Waals surface area contributed by atoms with E-state index in [2.05, 4.69) is 33.8 Å². The molecule has 0 aromatic heterocycles. The van der Waals surface area contributed by atoms with E-state index in [1.807, 2.05) is 13.0 Å². The molecule has 0 fully saturated rings. The van der Waals surface area contributed by atoms with Crippen LogP contribution < -0.4 is 10.5 Å². The van der Waals surface area contributed by atoms with Crippen molar-refractivity contribution in [2.75, 3.05) is 6.61 Å². The van der Waals surface area contributed by atoms with Crippen molar-refractivity contribution in [3.8, 4) is 5.75 Å². The minimum atomic E-state index is -0.114. The standard InChI is InChI=1S/C17H26ClNOS/c1-11(2)13-10-15(12(3)9-14(13)18)20-8-6-7-17(4,5)16(19)21/h9-11H,6-8H2,1-5H3,(H2,19,21). The first-order chi connectivity index (χ1) is 9.65. The molecule has 0 radical (unpaired) electrons. The Hall–Kier alpha value is -0.800. The second kappa shape index (κ2) is 7.46. The monoisotopic (exact) mass is 327 g/mol. The molecule has 0 unspecified atom stereocenters. The molecule has 0 saturated carbocycles. The van der Waals surface area contributed by atoms with Crippen LogP contribution in [0.15, 0.2) is 12.1 Å². The molecule has 21 heavy (non-hydrogen) atoms. The fourth-order valence-corrected chi connectivity index (χ4v) is 2.62. The largest absolute Gasteiger partial charge is 0.493 e. The van der Waals surface area contributed by atoms with Crippen molar-refractivity contribution in [2.45, 2.75) is 53.4 Å². The third-order valence-corrected chi connectivity index (χ3v) is 4.67. The Balaban J connectivity index is 2.64. The van der Waals surface area contributed by atoms with E-state index >= 15 is 0 Å². The third kappa shape index (κ3) is 5.15. The number of hydrogen-bond donors (Lipinski definition) is 1. The van der Waals surface area contributed by atoms with Crippen LogP contribution in [-0.4, -0.2) is 11.6 Å². The van der Waals surface area contributed by atoms with Gasteiger partial charge in [0.25, 0.3) is 0 Å². The van der Waals surface area contributed by atoms with Crippen LogP contribution in [0.25, 0.3) is 0 Å². The van der Waals surface area contributed by atoms with Gasteiger partial charge in [0.2, 0.25) is 0 Å². The predicted molar refractivity (Wildman–Crippen MR) is 95.6 cm³/mol. The highest BCUT2D eigenvalue weighted by atomic mass is 35.5. The number of hydrogen-bond acceptors (Lipinski definition) is 2. The smallest absolute Gasteiger partial charge is 0.122 e. The highest BCUT2D eigenvalue weighted by Gasteiger charge is 2.20. The highest BCUT2D eigenvalue weighted by molar-refractivity contribution is 7.80. The van der Waals surface area contributed by atoms with Gasteiger partial charge in [0.15, 0.2) is 0 Å². The molecule has 1 aromatic rings. The van der Waals surface area contributed by atoms with Crippen molar-refractivity contribution < 1.29 is 4.74 Å². The van der Waals surface area contributed by atoms with Gasteiger partial charge in [-0.25, -0.2) is 0 Å². The van der Waals surface area contributed by atoms with Gasteiger partial charge in [0.05, 0.1) is 11.6 Å². The molecule has 0 heterocycles. The maximum atomic E-state index is 6.27. The number of nitrogens with two attached hydrogens (primary N) is 1. The molecule has 0 spiro atoms. The van der Waals surface area contributed by atoms with Crippen LogP contribution in [0.4, 0.5) is 0 Å². The van der Waals surface area contributed by atoms with Crippen molar-refractivity contribution in [3.63, 3.8) is 0 Å². The molecule has 0 saturated heterocycles. The molecule has 1 aromatic carbocycles.